The minimum Gasteiger partial charge on any atom is -0.363 e. The van der Waals surface area contributed by atoms with Crippen LogP contribution in [0.1, 0.15) is 133 Å². The summed E-state index contributed by atoms with van der Waals surface area (Å²) in [6.07, 6.45) is 34.1. The van der Waals surface area contributed by atoms with Gasteiger partial charge in [-0.1, -0.05) is 143 Å². The van der Waals surface area contributed by atoms with E-state index in [4.69, 9.17) is 0 Å². The van der Waals surface area contributed by atoms with Gasteiger partial charge in [0, 0.05) is 33.3 Å². The molecule has 0 amide bonds. The Balaban J connectivity index is 1.73. The monoisotopic (exact) mass is 729 g/mol. The summed E-state index contributed by atoms with van der Waals surface area (Å²) < 4.78 is 2.86. The zero-order valence-corrected chi connectivity index (χ0v) is 36.1. The zero-order chi connectivity index (χ0) is 38.8. The Kier molecular flexibility index (Phi) is 12.5. The van der Waals surface area contributed by atoms with Gasteiger partial charge < -0.3 is 10.2 Å². The van der Waals surface area contributed by atoms with Gasteiger partial charge in [0.15, 0.2) is 0 Å². The lowest BCUT2D eigenvalue weighted by Gasteiger charge is -2.42. The Hall–Kier alpha value is -3.24. The summed E-state index contributed by atoms with van der Waals surface area (Å²) in [5.74, 6) is 1.28. The summed E-state index contributed by atoms with van der Waals surface area (Å²) >= 11 is 2.02. The number of fused-ring (bicyclic) bond motifs is 4. The fraction of sp³-hybridized carbons (Fsp3) is 0.510. The highest BCUT2D eigenvalue weighted by molar-refractivity contribution is 7.31. The Morgan fingerprint density at radius 1 is 1.04 bits per heavy atom. The quantitative estimate of drug-likeness (QED) is 0.173. The second kappa shape index (κ2) is 16.2. The van der Waals surface area contributed by atoms with Gasteiger partial charge in [-0.3, -0.25) is 0 Å². The zero-order valence-electron chi connectivity index (χ0n) is 35.3. The summed E-state index contributed by atoms with van der Waals surface area (Å²) in [5.41, 5.74) is 9.31. The van der Waals surface area contributed by atoms with Crippen molar-refractivity contribution >= 4 is 38.6 Å². The number of allylic oxidation sites excluding steroid dienone is 11. The lowest BCUT2D eigenvalue weighted by molar-refractivity contribution is 0.221. The second-order valence-electron chi connectivity index (χ2n) is 19.6. The fourth-order valence-electron chi connectivity index (χ4n) is 8.44. The van der Waals surface area contributed by atoms with Gasteiger partial charge in [0.05, 0.1) is 5.69 Å². The van der Waals surface area contributed by atoms with Crippen molar-refractivity contribution in [2.45, 2.75) is 132 Å². The van der Waals surface area contributed by atoms with Crippen LogP contribution in [0, 0.1) is 22.7 Å². The smallest absolute Gasteiger partial charge is 0.256 e. The van der Waals surface area contributed by atoms with Gasteiger partial charge in [-0.05, 0) is 120 Å². The van der Waals surface area contributed by atoms with Gasteiger partial charge in [0.1, 0.15) is 0 Å². The molecule has 4 heteroatoms. The summed E-state index contributed by atoms with van der Waals surface area (Å²) in [6.45, 7) is 33.4. The molecular weight excluding hydrogens is 659 g/mol. The highest BCUT2D eigenvalue weighted by Crippen LogP contribution is 2.50. The molecule has 0 radical (unpaired) electrons. The lowest BCUT2D eigenvalue weighted by Crippen LogP contribution is -2.47. The normalized spacial score (nSPS) is 21.4. The molecule has 1 aliphatic heterocycles. The first-order chi connectivity index (χ1) is 24.9. The van der Waals surface area contributed by atoms with E-state index in [1.54, 1.807) is 0 Å². The molecule has 0 fully saturated rings. The maximum atomic E-state index is 3.91. The van der Waals surface area contributed by atoms with E-state index in [-0.39, 0.29) is 28.4 Å². The molecular formula is C49H69BN2S. The van der Waals surface area contributed by atoms with Gasteiger partial charge in [0.2, 0.25) is 0 Å². The van der Waals surface area contributed by atoms with Crippen LogP contribution in [0.25, 0.3) is 10.1 Å². The number of rotatable bonds is 12. The van der Waals surface area contributed by atoms with E-state index in [9.17, 15) is 0 Å². The standard InChI is InChI=1S/C49H69BN2S/c1-14-16-17-18-31-52-34-41(42(20-15-2)51-30-19-26-46(5,6)7)50(37-23-21-36(22-24-37)47(8,9)27-25-35(3)4)45-44(52)38-32-39-40(33-43(38)53-45)49(12,13)29-28-48(39,10)11/h14-21,23-24,30-33,35-36,51H,1,22,25-29,34H2,2-13H3/b17-16-,20-15-,30-19+,31-18+,42-41-. The summed E-state index contributed by atoms with van der Waals surface area (Å²) in [6, 6.07) is 5.17. The molecule has 1 aromatic carbocycles. The highest BCUT2D eigenvalue weighted by Gasteiger charge is 2.42. The Bertz CT molecular complexity index is 1860. The van der Waals surface area contributed by atoms with Crippen molar-refractivity contribution in [3.8, 4) is 0 Å². The molecule has 1 atom stereocenters. The average molecular weight is 729 g/mol. The highest BCUT2D eigenvalue weighted by atomic mass is 32.1. The van der Waals surface area contributed by atoms with Crippen molar-refractivity contribution in [3.05, 3.63) is 120 Å². The molecule has 284 valence electrons. The Labute approximate surface area is 328 Å². The maximum Gasteiger partial charge on any atom is 0.256 e. The van der Waals surface area contributed by atoms with Crippen LogP contribution < -0.4 is 15.0 Å². The molecule has 2 aliphatic carbocycles. The maximum absolute atomic E-state index is 3.91. The number of thiophene rings is 1. The third-order valence-electron chi connectivity index (χ3n) is 12.1. The van der Waals surface area contributed by atoms with Crippen molar-refractivity contribution in [3.63, 3.8) is 0 Å². The van der Waals surface area contributed by atoms with Crippen molar-refractivity contribution < 1.29 is 0 Å². The molecule has 1 unspecified atom stereocenters. The molecule has 0 spiro atoms. The topological polar surface area (TPSA) is 15.3 Å². The van der Waals surface area contributed by atoms with E-state index in [2.05, 4.69) is 173 Å². The third kappa shape index (κ3) is 9.36. The van der Waals surface area contributed by atoms with Gasteiger partial charge in [-0.2, -0.15) is 0 Å². The van der Waals surface area contributed by atoms with Crippen LogP contribution in [0.3, 0.4) is 0 Å². The number of hydrogen-bond donors (Lipinski definition) is 1. The molecule has 2 heterocycles. The molecule has 2 nitrogen and oxygen atoms in total. The molecule has 0 bridgehead atoms. The predicted octanol–water partition coefficient (Wildman–Crippen LogP) is 13.4. The van der Waals surface area contributed by atoms with Gasteiger partial charge in [0.25, 0.3) is 6.71 Å². The van der Waals surface area contributed by atoms with E-state index in [0.29, 0.717) is 5.92 Å². The molecule has 5 rings (SSSR count). The number of nitrogens with one attached hydrogen (secondary N) is 1. The Morgan fingerprint density at radius 2 is 1.74 bits per heavy atom. The van der Waals surface area contributed by atoms with E-state index in [0.717, 1.165) is 25.3 Å². The number of hydrogen-bond acceptors (Lipinski definition) is 3. The molecule has 0 saturated carbocycles. The van der Waals surface area contributed by atoms with Crippen LogP contribution in [0.15, 0.2) is 109 Å². The number of nitrogens with zero attached hydrogens (tertiary/aromatic N) is 1. The van der Waals surface area contributed by atoms with Gasteiger partial charge in [-0.25, -0.2) is 0 Å². The lowest BCUT2D eigenvalue weighted by atomic mass is 9.36. The first-order valence-corrected chi connectivity index (χ1v) is 21.2. The van der Waals surface area contributed by atoms with Gasteiger partial charge in [-0.15, -0.1) is 11.3 Å². The Morgan fingerprint density at radius 3 is 2.34 bits per heavy atom. The second-order valence-corrected chi connectivity index (χ2v) is 20.7. The molecule has 3 aliphatic rings. The van der Waals surface area contributed by atoms with Crippen LogP contribution >= 0.6 is 11.3 Å². The van der Waals surface area contributed by atoms with Crippen LogP contribution in [0.5, 0.6) is 0 Å². The summed E-state index contributed by atoms with van der Waals surface area (Å²) in [4.78, 5) is 2.52. The van der Waals surface area contributed by atoms with Crippen LogP contribution in [0.2, 0.25) is 0 Å². The van der Waals surface area contributed by atoms with Crippen molar-refractivity contribution in [1.82, 2.24) is 5.32 Å². The largest absolute Gasteiger partial charge is 0.363 e. The molecule has 2 aromatic rings. The van der Waals surface area contributed by atoms with E-state index in [1.807, 2.05) is 23.5 Å². The first-order valence-electron chi connectivity index (χ1n) is 20.4. The van der Waals surface area contributed by atoms with Gasteiger partial charge >= 0.3 is 0 Å². The third-order valence-corrected chi connectivity index (χ3v) is 13.3. The van der Waals surface area contributed by atoms with Crippen LogP contribution in [-0.2, 0) is 10.8 Å². The summed E-state index contributed by atoms with van der Waals surface area (Å²) in [7, 11) is 0. The SMILES string of the molecule is C=C/C=C\C=C\N1C/C(=C(\C=C/C)N/C=C/CC(C)(C)C)B(C2=CCC(C(C)(C)CCC(C)C)C=C2)c2sc3cc4c(cc3c21)C(C)(C)CCC4(C)C. The van der Waals surface area contributed by atoms with E-state index in [1.165, 1.54) is 74.0 Å². The minimum atomic E-state index is 0.148. The van der Waals surface area contributed by atoms with E-state index < -0.39 is 0 Å². The van der Waals surface area contributed by atoms with Crippen LogP contribution in [0.4, 0.5) is 5.69 Å². The minimum absolute atomic E-state index is 0.148. The molecule has 0 saturated heterocycles. The summed E-state index contributed by atoms with van der Waals surface area (Å²) in [5, 5.41) is 5.21. The fourth-order valence-corrected chi connectivity index (χ4v) is 9.84. The first kappa shape index (κ1) is 40.9. The van der Waals surface area contributed by atoms with Crippen molar-refractivity contribution in [2.24, 2.45) is 22.7 Å². The molecule has 53 heavy (non-hydrogen) atoms. The number of anilines is 1. The molecule has 1 aromatic heterocycles. The average Bonchev–Trinajstić information content (AvgIpc) is 3.47. The van der Waals surface area contributed by atoms with Crippen molar-refractivity contribution in [1.29, 1.82) is 0 Å². The predicted molar refractivity (Wildman–Crippen MR) is 240 cm³/mol. The van der Waals surface area contributed by atoms with Crippen LogP contribution in [-0.4, -0.2) is 13.3 Å². The van der Waals surface area contributed by atoms with Crippen molar-refractivity contribution in [2.75, 3.05) is 11.4 Å². The van der Waals surface area contributed by atoms with E-state index >= 15 is 0 Å². The number of benzene rings is 1. The molecule has 1 N–H and O–H groups in total.